The van der Waals surface area contributed by atoms with Gasteiger partial charge in [-0.2, -0.15) is 5.10 Å². The van der Waals surface area contributed by atoms with E-state index in [4.69, 9.17) is 18.9 Å². The van der Waals surface area contributed by atoms with Crippen LogP contribution in [0.1, 0.15) is 27.0 Å². The first-order valence-corrected chi connectivity index (χ1v) is 11.8. The molecule has 4 aromatic rings. The molecular weight excluding hydrogens is 487 g/mol. The summed E-state index contributed by atoms with van der Waals surface area (Å²) in [4.78, 5) is 12.6. The van der Waals surface area contributed by atoms with Crippen molar-refractivity contribution in [3.05, 3.63) is 119 Å². The van der Waals surface area contributed by atoms with E-state index < -0.39 is 5.91 Å². The number of hydrogen-bond donors (Lipinski definition) is 1. The zero-order chi connectivity index (χ0) is 26.7. The number of hydrogen-bond acceptors (Lipinski definition) is 6. The number of nitrogens with one attached hydrogen (secondary N) is 1. The summed E-state index contributed by atoms with van der Waals surface area (Å²) in [7, 11) is 3.04. The fourth-order valence-corrected chi connectivity index (χ4v) is 3.56. The number of rotatable bonds is 11. The lowest BCUT2D eigenvalue weighted by molar-refractivity contribution is 0.0954. The van der Waals surface area contributed by atoms with Gasteiger partial charge < -0.3 is 18.9 Å². The molecule has 7 nitrogen and oxygen atoms in total. The topological polar surface area (TPSA) is 78.4 Å². The largest absolute Gasteiger partial charge is 0.493 e. The van der Waals surface area contributed by atoms with E-state index in [1.54, 1.807) is 48.5 Å². The summed E-state index contributed by atoms with van der Waals surface area (Å²) in [6.45, 7) is 0.572. The molecular formula is C30H27FN2O5. The lowest BCUT2D eigenvalue weighted by Gasteiger charge is -2.12. The van der Waals surface area contributed by atoms with Crippen LogP contribution in [0.15, 0.2) is 96.1 Å². The molecule has 194 valence electrons. The van der Waals surface area contributed by atoms with Gasteiger partial charge in [0.05, 0.1) is 20.4 Å². The predicted octanol–water partition coefficient (Wildman–Crippen LogP) is 5.76. The van der Waals surface area contributed by atoms with E-state index in [2.05, 4.69) is 10.5 Å². The highest BCUT2D eigenvalue weighted by atomic mass is 19.1. The number of carbonyl (C=O) groups excluding carboxylic acids is 1. The van der Waals surface area contributed by atoms with Crippen molar-refractivity contribution < 1.29 is 28.1 Å². The zero-order valence-corrected chi connectivity index (χ0v) is 21.0. The van der Waals surface area contributed by atoms with Crippen LogP contribution in [0.2, 0.25) is 0 Å². The molecule has 1 amide bonds. The van der Waals surface area contributed by atoms with Crippen LogP contribution in [0.5, 0.6) is 23.0 Å². The smallest absolute Gasteiger partial charge is 0.271 e. The number of nitrogens with zero attached hydrogens (tertiary/aromatic N) is 1. The molecule has 4 aromatic carbocycles. The molecule has 0 heterocycles. The van der Waals surface area contributed by atoms with E-state index in [9.17, 15) is 9.18 Å². The molecule has 4 rings (SSSR count). The summed E-state index contributed by atoms with van der Waals surface area (Å²) in [6.07, 6.45) is 1.49. The normalized spacial score (nSPS) is 10.7. The van der Waals surface area contributed by atoms with Gasteiger partial charge in [-0.3, -0.25) is 4.79 Å². The van der Waals surface area contributed by atoms with E-state index in [1.165, 1.54) is 32.6 Å². The molecule has 0 radical (unpaired) electrons. The summed E-state index contributed by atoms with van der Waals surface area (Å²) in [6, 6.07) is 26.1. The first-order valence-electron chi connectivity index (χ1n) is 11.8. The maximum atomic E-state index is 13.4. The second kappa shape index (κ2) is 12.9. The minimum absolute atomic E-state index is 0.192. The molecule has 0 saturated heterocycles. The third-order valence-corrected chi connectivity index (χ3v) is 5.51. The lowest BCUT2D eigenvalue weighted by Crippen LogP contribution is -2.17. The Morgan fingerprint density at radius 3 is 2.13 bits per heavy atom. The van der Waals surface area contributed by atoms with Crippen LogP contribution in [-0.2, 0) is 13.2 Å². The Labute approximate surface area is 220 Å². The summed E-state index contributed by atoms with van der Waals surface area (Å²) in [5, 5.41) is 4.05. The minimum Gasteiger partial charge on any atom is -0.493 e. The quantitative estimate of drug-likeness (QED) is 0.203. The molecule has 0 bridgehead atoms. The monoisotopic (exact) mass is 514 g/mol. The molecule has 0 aliphatic carbocycles. The lowest BCUT2D eigenvalue weighted by atomic mass is 10.2. The summed E-state index contributed by atoms with van der Waals surface area (Å²) in [5.74, 6) is 1.22. The summed E-state index contributed by atoms with van der Waals surface area (Å²) in [5.41, 5.74) is 5.28. The number of ether oxygens (including phenoxy) is 4. The Balaban J connectivity index is 1.35. The molecule has 1 N–H and O–H groups in total. The average molecular weight is 515 g/mol. The summed E-state index contributed by atoms with van der Waals surface area (Å²) < 4.78 is 35.8. The van der Waals surface area contributed by atoms with Crippen LogP contribution in [0, 0.1) is 5.82 Å². The highest BCUT2D eigenvalue weighted by Crippen LogP contribution is 2.30. The van der Waals surface area contributed by atoms with E-state index in [0.717, 1.165) is 5.56 Å². The van der Waals surface area contributed by atoms with Gasteiger partial charge in [0.2, 0.25) is 0 Å². The molecule has 0 aromatic heterocycles. The van der Waals surface area contributed by atoms with Gasteiger partial charge in [-0.05, 0) is 65.2 Å². The molecule has 0 spiro atoms. The van der Waals surface area contributed by atoms with Gasteiger partial charge in [0.15, 0.2) is 23.0 Å². The van der Waals surface area contributed by atoms with Crippen molar-refractivity contribution in [3.8, 4) is 23.0 Å². The van der Waals surface area contributed by atoms with Crippen molar-refractivity contribution in [1.29, 1.82) is 0 Å². The van der Waals surface area contributed by atoms with Gasteiger partial charge in [-0.15, -0.1) is 0 Å². The molecule has 0 unspecified atom stereocenters. The fraction of sp³-hybridized carbons (Fsp3) is 0.133. The highest BCUT2D eigenvalue weighted by Gasteiger charge is 2.11. The van der Waals surface area contributed by atoms with Crippen molar-refractivity contribution >= 4 is 12.1 Å². The maximum absolute atomic E-state index is 13.4. The Kier molecular flexibility index (Phi) is 8.91. The Morgan fingerprint density at radius 1 is 0.763 bits per heavy atom. The second-order valence-electron chi connectivity index (χ2n) is 8.17. The summed E-state index contributed by atoms with van der Waals surface area (Å²) >= 11 is 0. The van der Waals surface area contributed by atoms with E-state index >= 15 is 0 Å². The number of benzene rings is 4. The molecule has 8 heteroatoms. The van der Waals surface area contributed by atoms with Crippen LogP contribution in [0.25, 0.3) is 0 Å². The van der Waals surface area contributed by atoms with E-state index in [-0.39, 0.29) is 12.4 Å². The van der Waals surface area contributed by atoms with Crippen molar-refractivity contribution in [2.24, 2.45) is 5.10 Å². The van der Waals surface area contributed by atoms with Crippen molar-refractivity contribution in [2.75, 3.05) is 14.2 Å². The molecule has 0 aliphatic heterocycles. The minimum atomic E-state index is -0.406. The number of carbonyl (C=O) groups is 1. The van der Waals surface area contributed by atoms with Gasteiger partial charge in [-0.25, -0.2) is 9.82 Å². The molecule has 38 heavy (non-hydrogen) atoms. The van der Waals surface area contributed by atoms with Gasteiger partial charge in [0.25, 0.3) is 5.91 Å². The average Bonchev–Trinajstić information content (AvgIpc) is 2.95. The molecule has 0 atom stereocenters. The molecule has 0 aliphatic rings. The number of halogens is 1. The Morgan fingerprint density at radius 2 is 1.42 bits per heavy atom. The predicted molar refractivity (Wildman–Crippen MR) is 143 cm³/mol. The van der Waals surface area contributed by atoms with Crippen molar-refractivity contribution in [1.82, 2.24) is 5.43 Å². The standard InChI is InChI=1S/C30H27FN2O5/c1-35-28-16-22(11-13-26(28)38-20-23-9-6-10-25(31)15-23)18-32-33-30(34)24-12-14-27(29(17-24)36-2)37-19-21-7-4-3-5-8-21/h3-18H,19-20H2,1-2H3,(H,33,34)/b32-18+. The van der Waals surface area contributed by atoms with Crippen molar-refractivity contribution in [3.63, 3.8) is 0 Å². The Bertz CT molecular complexity index is 1410. The maximum Gasteiger partial charge on any atom is 0.271 e. The van der Waals surface area contributed by atoms with E-state index in [1.807, 2.05) is 30.3 Å². The van der Waals surface area contributed by atoms with Crippen LogP contribution >= 0.6 is 0 Å². The van der Waals surface area contributed by atoms with Gasteiger partial charge in [0, 0.05) is 5.56 Å². The van der Waals surface area contributed by atoms with Crippen LogP contribution in [-0.4, -0.2) is 26.3 Å². The van der Waals surface area contributed by atoms with Gasteiger partial charge in [0.1, 0.15) is 19.0 Å². The molecule has 0 saturated carbocycles. The zero-order valence-electron chi connectivity index (χ0n) is 21.0. The number of methoxy groups -OCH3 is 2. The SMILES string of the molecule is COc1cc(/C=N/NC(=O)c2ccc(OCc3ccccc3)c(OC)c2)ccc1OCc1cccc(F)c1. The van der Waals surface area contributed by atoms with Crippen LogP contribution in [0.3, 0.4) is 0 Å². The van der Waals surface area contributed by atoms with Gasteiger partial charge >= 0.3 is 0 Å². The first-order chi connectivity index (χ1) is 18.6. The Hall–Kier alpha value is -4.85. The third-order valence-electron chi connectivity index (χ3n) is 5.51. The fourth-order valence-electron chi connectivity index (χ4n) is 3.56. The van der Waals surface area contributed by atoms with Crippen molar-refractivity contribution in [2.45, 2.75) is 13.2 Å². The first kappa shape index (κ1) is 26.2. The highest BCUT2D eigenvalue weighted by molar-refractivity contribution is 5.95. The number of amides is 1. The van der Waals surface area contributed by atoms with Crippen LogP contribution < -0.4 is 24.4 Å². The molecule has 0 fully saturated rings. The number of hydrazone groups is 1. The third kappa shape index (κ3) is 7.10. The second-order valence-corrected chi connectivity index (χ2v) is 8.17. The van der Waals surface area contributed by atoms with Crippen LogP contribution in [0.4, 0.5) is 4.39 Å². The van der Waals surface area contributed by atoms with E-state index in [0.29, 0.717) is 46.3 Å². The van der Waals surface area contributed by atoms with Gasteiger partial charge in [-0.1, -0.05) is 42.5 Å².